The first-order valence-corrected chi connectivity index (χ1v) is 19.7. The maximum absolute atomic E-state index is 13.8. The molecule has 0 spiro atoms. The van der Waals surface area contributed by atoms with Crippen LogP contribution in [-0.4, -0.2) is 126 Å². The van der Waals surface area contributed by atoms with Gasteiger partial charge in [-0.2, -0.15) is 0 Å². The Hall–Kier alpha value is -2.17. The van der Waals surface area contributed by atoms with E-state index in [0.29, 0.717) is 12.0 Å². The summed E-state index contributed by atoms with van der Waals surface area (Å²) in [6, 6.07) is 0. The van der Waals surface area contributed by atoms with Crippen molar-refractivity contribution in [1.29, 1.82) is 0 Å². The summed E-state index contributed by atoms with van der Waals surface area (Å²) in [5, 5.41) is 56.6. The fourth-order valence-corrected chi connectivity index (χ4v) is 8.23. The number of esters is 1. The van der Waals surface area contributed by atoms with Crippen LogP contribution < -0.4 is 0 Å². The summed E-state index contributed by atoms with van der Waals surface area (Å²) in [4.78, 5) is 13.8. The Bertz CT molecular complexity index is 1360. The molecule has 13 nitrogen and oxygen atoms in total. The monoisotopic (exact) mass is 782 g/mol. The van der Waals surface area contributed by atoms with Gasteiger partial charge in [-0.05, 0) is 45.1 Å². The van der Waals surface area contributed by atoms with E-state index in [0.717, 1.165) is 5.57 Å². The van der Waals surface area contributed by atoms with E-state index in [4.69, 9.17) is 33.2 Å². The van der Waals surface area contributed by atoms with Gasteiger partial charge in [0.15, 0.2) is 12.1 Å². The second-order valence-electron chi connectivity index (χ2n) is 16.6. The van der Waals surface area contributed by atoms with Crippen LogP contribution in [0.5, 0.6) is 0 Å². The van der Waals surface area contributed by atoms with Crippen LogP contribution in [0.2, 0.25) is 0 Å². The summed E-state index contributed by atoms with van der Waals surface area (Å²) in [6.45, 7) is 18.6. The van der Waals surface area contributed by atoms with E-state index in [2.05, 4.69) is 0 Å². The Morgan fingerprint density at radius 2 is 1.58 bits per heavy atom. The minimum Gasteiger partial charge on any atom is -0.490 e. The molecule has 3 rings (SSSR count). The molecule has 0 aliphatic carbocycles. The highest BCUT2D eigenvalue weighted by molar-refractivity contribution is 5.87. The minimum atomic E-state index is -1.92. The highest BCUT2D eigenvalue weighted by Crippen LogP contribution is 2.43. The SMILES string of the molecule is CO/C1=C/C(C)=C/C(C)C(O)C(C)C/C(C)=C/C=C\C(OC)C(C(C)C(O)C(C)C2(O)CC(OC3OC(C)C(O)C(O)C3OC)C(C)C(C(C)C)O2)OC1=O. The highest BCUT2D eigenvalue weighted by atomic mass is 16.7. The molecule has 0 aromatic rings. The zero-order chi connectivity index (χ0) is 41.5. The topological polar surface area (TPSA) is 183 Å². The Morgan fingerprint density at radius 1 is 0.927 bits per heavy atom. The third kappa shape index (κ3) is 11.5. The number of ether oxygens (including phenoxy) is 7. The fourth-order valence-electron chi connectivity index (χ4n) is 8.23. The van der Waals surface area contributed by atoms with Crippen LogP contribution >= 0.6 is 0 Å². The largest absolute Gasteiger partial charge is 0.490 e. The zero-order valence-electron chi connectivity index (χ0n) is 35.1. The van der Waals surface area contributed by atoms with E-state index >= 15 is 0 Å². The summed E-state index contributed by atoms with van der Waals surface area (Å²) in [5.74, 6) is -5.08. The summed E-state index contributed by atoms with van der Waals surface area (Å²) < 4.78 is 41.8. The number of hydrogen-bond donors (Lipinski definition) is 5. The molecule has 3 aliphatic heterocycles. The molecule has 5 N–H and O–H groups in total. The standard InChI is InChI=1S/C42H70O13/c1-21(2)37-26(7)32(53-41-39(51-13)36(46)35(45)29(10)52-41)20-42(48,55-37)28(9)34(44)27(8)38-30(49-11)16-14-15-22(3)17-24(5)33(43)25(6)18-23(4)19-31(50-12)40(47)54-38/h14-16,18-19,21,24-30,32-39,41,43-46,48H,17,20H2,1-13H3/b16-14-,22-15+,23-18+,31-19+. The van der Waals surface area contributed by atoms with Crippen molar-refractivity contribution in [3.63, 3.8) is 0 Å². The first-order valence-electron chi connectivity index (χ1n) is 19.7. The molecule has 3 heterocycles. The molecule has 0 amide bonds. The quantitative estimate of drug-likeness (QED) is 0.199. The molecule has 17 atom stereocenters. The Morgan fingerprint density at radius 3 is 2.16 bits per heavy atom. The van der Waals surface area contributed by atoms with Crippen molar-refractivity contribution >= 4 is 5.97 Å². The molecule has 13 heteroatoms. The maximum atomic E-state index is 13.8. The molecule has 2 saturated heterocycles. The minimum absolute atomic E-state index is 0.0363. The molecule has 0 saturated carbocycles. The summed E-state index contributed by atoms with van der Waals surface area (Å²) in [5.41, 5.74) is 1.73. The lowest BCUT2D eigenvalue weighted by Crippen LogP contribution is -2.62. The van der Waals surface area contributed by atoms with Crippen molar-refractivity contribution in [3.05, 3.63) is 47.3 Å². The van der Waals surface area contributed by atoms with Gasteiger partial charge in [0.1, 0.15) is 30.5 Å². The number of aliphatic hydroxyl groups is 5. The number of carbonyl (C=O) groups is 1. The predicted molar refractivity (Wildman–Crippen MR) is 206 cm³/mol. The molecule has 0 aromatic carbocycles. The van der Waals surface area contributed by atoms with Gasteiger partial charge in [0.2, 0.25) is 5.76 Å². The molecule has 0 radical (unpaired) electrons. The molecule has 3 aliphatic rings. The Balaban J connectivity index is 2.00. The van der Waals surface area contributed by atoms with Gasteiger partial charge in [0.25, 0.3) is 0 Å². The van der Waals surface area contributed by atoms with Crippen molar-refractivity contribution in [3.8, 4) is 0 Å². The van der Waals surface area contributed by atoms with E-state index in [1.807, 2.05) is 66.7 Å². The van der Waals surface area contributed by atoms with E-state index < -0.39 is 90.9 Å². The number of allylic oxidation sites excluding steroid dienone is 5. The van der Waals surface area contributed by atoms with E-state index in [9.17, 15) is 30.3 Å². The second kappa shape index (κ2) is 20.5. The highest BCUT2D eigenvalue weighted by Gasteiger charge is 2.54. The molecule has 17 unspecified atom stereocenters. The fraction of sp³-hybridized carbons (Fsp3) is 0.786. The Kier molecular flexibility index (Phi) is 17.6. The van der Waals surface area contributed by atoms with Gasteiger partial charge >= 0.3 is 5.97 Å². The molecule has 0 bridgehead atoms. The third-order valence-corrected chi connectivity index (χ3v) is 11.8. The van der Waals surface area contributed by atoms with Gasteiger partial charge in [0.05, 0.1) is 37.6 Å². The Labute approximate surface area is 328 Å². The molecule has 55 heavy (non-hydrogen) atoms. The van der Waals surface area contributed by atoms with Crippen LogP contribution in [-0.2, 0) is 38.0 Å². The lowest BCUT2D eigenvalue weighted by molar-refractivity contribution is -0.362. The van der Waals surface area contributed by atoms with Gasteiger partial charge in [-0.25, -0.2) is 4.79 Å². The van der Waals surface area contributed by atoms with Crippen molar-refractivity contribution in [2.45, 2.75) is 155 Å². The van der Waals surface area contributed by atoms with Crippen molar-refractivity contribution in [1.82, 2.24) is 0 Å². The van der Waals surface area contributed by atoms with Crippen molar-refractivity contribution in [2.75, 3.05) is 21.3 Å². The lowest BCUT2D eigenvalue weighted by atomic mass is 9.76. The number of aliphatic hydroxyl groups excluding tert-OH is 4. The van der Waals surface area contributed by atoms with Gasteiger partial charge < -0.3 is 58.7 Å². The number of carbonyl (C=O) groups excluding carboxylic acids is 1. The van der Waals surface area contributed by atoms with Crippen LogP contribution in [0.25, 0.3) is 0 Å². The van der Waals surface area contributed by atoms with E-state index in [1.54, 1.807) is 32.9 Å². The third-order valence-electron chi connectivity index (χ3n) is 11.8. The average Bonchev–Trinajstić information content (AvgIpc) is 3.13. The van der Waals surface area contributed by atoms with Gasteiger partial charge in [-0.15, -0.1) is 0 Å². The smallest absolute Gasteiger partial charge is 0.373 e. The van der Waals surface area contributed by atoms with Crippen LogP contribution in [0.1, 0.15) is 82.1 Å². The van der Waals surface area contributed by atoms with E-state index in [-0.39, 0.29) is 35.9 Å². The molecule has 2 fully saturated rings. The second-order valence-corrected chi connectivity index (χ2v) is 16.6. The van der Waals surface area contributed by atoms with Gasteiger partial charge in [-0.1, -0.05) is 83.9 Å². The van der Waals surface area contributed by atoms with E-state index in [1.165, 1.54) is 21.3 Å². The van der Waals surface area contributed by atoms with Crippen LogP contribution in [0.3, 0.4) is 0 Å². The first kappa shape index (κ1) is 47.2. The molecule has 316 valence electrons. The predicted octanol–water partition coefficient (Wildman–Crippen LogP) is 4.20. The average molecular weight is 783 g/mol. The van der Waals surface area contributed by atoms with Gasteiger partial charge in [-0.3, -0.25) is 0 Å². The number of cyclic esters (lactones) is 1. The van der Waals surface area contributed by atoms with Crippen LogP contribution in [0.4, 0.5) is 0 Å². The first-order chi connectivity index (χ1) is 25.7. The summed E-state index contributed by atoms with van der Waals surface area (Å²) >= 11 is 0. The van der Waals surface area contributed by atoms with Crippen molar-refractivity contribution in [2.24, 2.45) is 35.5 Å². The van der Waals surface area contributed by atoms with Crippen LogP contribution in [0.15, 0.2) is 47.3 Å². The molecular formula is C42H70O13. The van der Waals surface area contributed by atoms with Crippen molar-refractivity contribution < 1.29 is 63.5 Å². The van der Waals surface area contributed by atoms with Crippen LogP contribution in [0, 0.1) is 35.5 Å². The maximum Gasteiger partial charge on any atom is 0.373 e. The zero-order valence-corrected chi connectivity index (χ0v) is 35.1. The summed E-state index contributed by atoms with van der Waals surface area (Å²) in [7, 11) is 4.25. The lowest BCUT2D eigenvalue weighted by Gasteiger charge is -2.51. The number of methoxy groups -OCH3 is 3. The number of hydrogen-bond acceptors (Lipinski definition) is 13. The normalized spacial score (nSPS) is 43.8. The summed E-state index contributed by atoms with van der Waals surface area (Å²) in [6.07, 6.45) is -0.670. The van der Waals surface area contributed by atoms with Gasteiger partial charge in [0, 0.05) is 44.3 Å². The molecular weight excluding hydrogens is 712 g/mol. The number of rotatable bonds is 10. The molecule has 0 aromatic heterocycles.